The molecule has 2 nitrogen and oxygen atoms in total. The average Bonchev–Trinajstić information content (AvgIpc) is 3.74. The molecule has 0 aromatic heterocycles. The van der Waals surface area contributed by atoms with Crippen LogP contribution in [0.25, 0.3) is 39.1 Å². The normalized spacial score (nSPS) is 18.8. The molecule has 0 saturated heterocycles. The Hall–Kier alpha value is -6.77. The third-order valence-electron chi connectivity index (χ3n) is 12.7. The second-order valence-electron chi connectivity index (χ2n) is 15.5. The van der Waals surface area contributed by atoms with Crippen molar-refractivity contribution in [2.45, 2.75) is 30.2 Å². The van der Waals surface area contributed by atoms with Gasteiger partial charge in [0.1, 0.15) is 0 Å². The first kappa shape index (κ1) is 32.6. The molecule has 7 aromatic rings. The van der Waals surface area contributed by atoms with Crippen molar-refractivity contribution in [3.05, 3.63) is 244 Å². The van der Waals surface area contributed by atoms with Gasteiger partial charge in [0.05, 0.1) is 17.2 Å². The van der Waals surface area contributed by atoms with Gasteiger partial charge in [0.25, 0.3) is 0 Å². The number of nitrogens with one attached hydrogen (secondary N) is 2. The number of hydrogen-bond donors (Lipinski definition) is 2. The summed E-state index contributed by atoms with van der Waals surface area (Å²) in [6, 6.07) is 63.1. The van der Waals surface area contributed by atoms with E-state index >= 15 is 0 Å². The fourth-order valence-corrected chi connectivity index (χ4v) is 10.4. The number of benzene rings is 7. The van der Waals surface area contributed by atoms with Gasteiger partial charge >= 0.3 is 0 Å². The zero-order valence-electron chi connectivity index (χ0n) is 31.0. The lowest BCUT2D eigenvalue weighted by molar-refractivity contribution is 0.542. The van der Waals surface area contributed by atoms with Crippen molar-refractivity contribution in [2.24, 2.45) is 0 Å². The van der Waals surface area contributed by atoms with Crippen LogP contribution < -0.4 is 5.32 Å². The summed E-state index contributed by atoms with van der Waals surface area (Å²) >= 11 is 0. The Kier molecular flexibility index (Phi) is 7.53. The van der Waals surface area contributed by atoms with Gasteiger partial charge < -0.3 is 10.7 Å². The first-order valence-electron chi connectivity index (χ1n) is 19.8. The molecule has 2 unspecified atom stereocenters. The molecule has 1 spiro atoms. The first-order valence-corrected chi connectivity index (χ1v) is 19.8. The fourth-order valence-electron chi connectivity index (χ4n) is 10.4. The Balaban J connectivity index is 1.09. The van der Waals surface area contributed by atoms with Gasteiger partial charge in [0.15, 0.2) is 0 Å². The topological polar surface area (TPSA) is 35.9 Å². The lowest BCUT2D eigenvalue weighted by atomic mass is 9.70. The lowest BCUT2D eigenvalue weighted by Gasteiger charge is -2.38. The van der Waals surface area contributed by atoms with Gasteiger partial charge in [-0.3, -0.25) is 0 Å². The van der Waals surface area contributed by atoms with Crippen molar-refractivity contribution in [3.8, 4) is 33.4 Å². The number of allylic oxidation sites excluding steroid dienone is 5. The summed E-state index contributed by atoms with van der Waals surface area (Å²) in [5.41, 5.74) is 20.9. The van der Waals surface area contributed by atoms with Crippen molar-refractivity contribution < 1.29 is 0 Å². The van der Waals surface area contributed by atoms with Crippen molar-refractivity contribution >= 4 is 11.9 Å². The molecule has 0 saturated carbocycles. The standard InChI is InChI=1S/C54H40N2/c55-34-46(35-16-3-1-4-17-35)53-45-26-8-7-25-44(45)51(52(56-53)36-18-5-2-6-19-36)39-21-15-20-37(32-39)38-30-31-43-42-24-11-14-29-49(42)54(50(43)33-38)47-27-12-9-22-40(47)41-23-10-13-28-48(41)54/h1-3,5-16,18-34,51-52,55-56H,4,17H2/b53-46+,55-34?. The van der Waals surface area contributed by atoms with Crippen LogP contribution in [0.1, 0.15) is 69.3 Å². The maximum absolute atomic E-state index is 8.63. The zero-order valence-corrected chi connectivity index (χ0v) is 31.0. The molecule has 1 aliphatic heterocycles. The van der Waals surface area contributed by atoms with Crippen molar-refractivity contribution in [1.82, 2.24) is 5.32 Å². The minimum absolute atomic E-state index is 0.0321. The summed E-state index contributed by atoms with van der Waals surface area (Å²) in [6.45, 7) is 0. The van der Waals surface area contributed by atoms with E-state index in [1.807, 2.05) is 0 Å². The highest BCUT2D eigenvalue weighted by Gasteiger charge is 2.51. The van der Waals surface area contributed by atoms with E-state index in [9.17, 15) is 0 Å². The molecule has 0 amide bonds. The Morgan fingerprint density at radius 1 is 0.554 bits per heavy atom. The van der Waals surface area contributed by atoms with Crippen LogP contribution in [0.3, 0.4) is 0 Å². The predicted molar refractivity (Wildman–Crippen MR) is 231 cm³/mol. The van der Waals surface area contributed by atoms with Crippen LogP contribution in [-0.4, -0.2) is 6.21 Å². The maximum Gasteiger partial charge on any atom is 0.0725 e. The van der Waals surface area contributed by atoms with Gasteiger partial charge in [-0.05, 0) is 96.8 Å². The smallest absolute Gasteiger partial charge is 0.0725 e. The highest BCUT2D eigenvalue weighted by molar-refractivity contribution is 5.97. The summed E-state index contributed by atoms with van der Waals surface area (Å²) in [5, 5.41) is 12.7. The van der Waals surface area contributed by atoms with E-state index in [4.69, 9.17) is 5.41 Å². The summed E-state index contributed by atoms with van der Waals surface area (Å²) in [6.07, 6.45) is 9.98. The van der Waals surface area contributed by atoms with E-state index < -0.39 is 0 Å². The second kappa shape index (κ2) is 12.9. The highest BCUT2D eigenvalue weighted by Crippen LogP contribution is 2.63. The third-order valence-corrected chi connectivity index (χ3v) is 12.7. The van der Waals surface area contributed by atoms with Crippen molar-refractivity contribution in [3.63, 3.8) is 0 Å². The third kappa shape index (κ3) is 4.72. The average molecular weight is 717 g/mol. The Morgan fingerprint density at radius 2 is 1.14 bits per heavy atom. The van der Waals surface area contributed by atoms with Gasteiger partial charge in [0, 0.05) is 23.3 Å². The lowest BCUT2D eigenvalue weighted by Crippen LogP contribution is -2.33. The largest absolute Gasteiger partial charge is 0.376 e. The van der Waals surface area contributed by atoms with E-state index in [0.717, 1.165) is 24.1 Å². The molecular formula is C54H40N2. The molecule has 1 heterocycles. The monoisotopic (exact) mass is 716 g/mol. The molecule has 7 aromatic carbocycles. The quantitative estimate of drug-likeness (QED) is 0.171. The Morgan fingerprint density at radius 3 is 1.80 bits per heavy atom. The van der Waals surface area contributed by atoms with Crippen LogP contribution in [0.2, 0.25) is 0 Å². The number of fused-ring (bicyclic) bond motifs is 11. The summed E-state index contributed by atoms with van der Waals surface area (Å²) in [7, 11) is 0. The molecule has 0 fully saturated rings. The second-order valence-corrected chi connectivity index (χ2v) is 15.5. The van der Waals surface area contributed by atoms with Crippen LogP contribution in [0, 0.1) is 5.41 Å². The SMILES string of the molecule is N=C/C(C1=CC=CCC1)=C1\NC(c2ccccc2)C(c2cccc(-c3ccc4c(c3)C3(c5ccccc5-c5ccccc53)c3ccccc3-4)c2)c2ccccc21. The predicted octanol–water partition coefficient (Wildman–Crippen LogP) is 12.8. The molecule has 0 radical (unpaired) electrons. The van der Waals surface area contributed by atoms with Crippen LogP contribution in [0.5, 0.6) is 0 Å². The fraction of sp³-hybridized carbons (Fsp3) is 0.0926. The zero-order chi connectivity index (χ0) is 37.2. The van der Waals surface area contributed by atoms with E-state index in [0.29, 0.717) is 0 Å². The van der Waals surface area contributed by atoms with Gasteiger partial charge in [-0.25, -0.2) is 0 Å². The van der Waals surface area contributed by atoms with Gasteiger partial charge in [-0.2, -0.15) is 0 Å². The Labute approximate surface area is 328 Å². The molecule has 2 N–H and O–H groups in total. The molecule has 0 bridgehead atoms. The van der Waals surface area contributed by atoms with Crippen molar-refractivity contribution in [2.75, 3.05) is 0 Å². The molecule has 3 aliphatic carbocycles. The summed E-state index contributed by atoms with van der Waals surface area (Å²) < 4.78 is 0. The molecule has 266 valence electrons. The Bertz CT molecular complexity index is 2750. The van der Waals surface area contributed by atoms with Crippen molar-refractivity contribution in [1.29, 1.82) is 5.41 Å². The highest BCUT2D eigenvalue weighted by atomic mass is 15.0. The molecule has 4 aliphatic rings. The van der Waals surface area contributed by atoms with E-state index in [1.165, 1.54) is 83.5 Å². The number of hydrogen-bond acceptors (Lipinski definition) is 2. The molecule has 2 atom stereocenters. The molecule has 11 rings (SSSR count). The minimum Gasteiger partial charge on any atom is -0.376 e. The summed E-state index contributed by atoms with van der Waals surface area (Å²) in [4.78, 5) is 0. The first-order chi connectivity index (χ1) is 27.8. The van der Waals surface area contributed by atoms with Crippen LogP contribution in [0.15, 0.2) is 199 Å². The number of rotatable bonds is 5. The van der Waals surface area contributed by atoms with Crippen LogP contribution in [-0.2, 0) is 5.41 Å². The van der Waals surface area contributed by atoms with E-state index in [2.05, 4.69) is 193 Å². The van der Waals surface area contributed by atoms with Gasteiger partial charge in [-0.1, -0.05) is 182 Å². The summed E-state index contributed by atoms with van der Waals surface area (Å²) in [5.74, 6) is 0.0446. The van der Waals surface area contributed by atoms with Crippen LogP contribution >= 0.6 is 0 Å². The minimum atomic E-state index is -0.379. The van der Waals surface area contributed by atoms with Gasteiger partial charge in [-0.15, -0.1) is 0 Å². The van der Waals surface area contributed by atoms with E-state index in [1.54, 1.807) is 6.21 Å². The molecular weight excluding hydrogens is 677 g/mol. The maximum atomic E-state index is 8.63. The molecule has 56 heavy (non-hydrogen) atoms. The van der Waals surface area contributed by atoms with Crippen LogP contribution in [0.4, 0.5) is 0 Å². The van der Waals surface area contributed by atoms with Gasteiger partial charge in [0.2, 0.25) is 0 Å². The molecule has 2 heteroatoms. The van der Waals surface area contributed by atoms with E-state index in [-0.39, 0.29) is 17.4 Å².